The van der Waals surface area contributed by atoms with Crippen molar-refractivity contribution in [2.45, 2.75) is 6.92 Å². The summed E-state index contributed by atoms with van der Waals surface area (Å²) in [7, 11) is 3.04. The maximum Gasteiger partial charge on any atom is 0.270 e. The van der Waals surface area contributed by atoms with Gasteiger partial charge in [-0.3, -0.25) is 19.8 Å². The number of halogens is 2. The number of anilines is 1. The molecule has 1 heterocycles. The molecule has 0 radical (unpaired) electrons. The minimum atomic E-state index is -0.558. The first kappa shape index (κ1) is 21.5. The van der Waals surface area contributed by atoms with Crippen LogP contribution in [0.3, 0.4) is 0 Å². The van der Waals surface area contributed by atoms with E-state index in [1.165, 1.54) is 25.2 Å². The fraction of sp³-hybridized carbons (Fsp3) is 0.150. The number of hydrogen-bond donors (Lipinski definition) is 1. The maximum atomic E-state index is 13.2. The molecule has 1 aliphatic heterocycles. The minimum Gasteiger partial charge on any atom is -0.493 e. The second kappa shape index (κ2) is 8.64. The third-order valence-corrected chi connectivity index (χ3v) is 5.64. The van der Waals surface area contributed by atoms with Gasteiger partial charge in [0.25, 0.3) is 11.8 Å². The normalized spacial score (nSPS) is 15.6. The molecule has 0 spiro atoms. The van der Waals surface area contributed by atoms with Crippen LogP contribution in [0.5, 0.6) is 11.5 Å². The van der Waals surface area contributed by atoms with Gasteiger partial charge in [-0.2, -0.15) is 0 Å². The molecular weight excluding hydrogens is 524 g/mol. The van der Waals surface area contributed by atoms with Gasteiger partial charge >= 0.3 is 0 Å². The molecule has 6 nitrogen and oxygen atoms in total. The van der Waals surface area contributed by atoms with Crippen LogP contribution in [0.4, 0.5) is 5.69 Å². The Balaban J connectivity index is 2.07. The average Bonchev–Trinajstić information content (AvgIpc) is 2.66. The molecule has 1 fully saturated rings. The van der Waals surface area contributed by atoms with Crippen LogP contribution in [0, 0.1) is 6.92 Å². The number of carbonyl (C=O) groups excluding carboxylic acids is 2. The molecule has 1 N–H and O–H groups in total. The van der Waals surface area contributed by atoms with Gasteiger partial charge in [0.05, 0.1) is 24.4 Å². The van der Waals surface area contributed by atoms with E-state index in [1.807, 2.05) is 19.1 Å². The van der Waals surface area contributed by atoms with Crippen LogP contribution < -0.4 is 19.7 Å². The Labute approximate surface area is 190 Å². The number of benzene rings is 2. The molecule has 0 atom stereocenters. The summed E-state index contributed by atoms with van der Waals surface area (Å²) in [4.78, 5) is 27.0. The molecule has 29 heavy (non-hydrogen) atoms. The lowest BCUT2D eigenvalue weighted by atomic mass is 10.1. The predicted octanol–water partition coefficient (Wildman–Crippen LogP) is 4.37. The van der Waals surface area contributed by atoms with Crippen molar-refractivity contribution in [3.8, 4) is 11.5 Å². The van der Waals surface area contributed by atoms with Crippen LogP contribution in [-0.4, -0.2) is 31.1 Å². The molecule has 2 amide bonds. The second-order valence-electron chi connectivity index (χ2n) is 6.13. The number of amides is 2. The Morgan fingerprint density at radius 2 is 1.83 bits per heavy atom. The largest absolute Gasteiger partial charge is 0.493 e. The quantitative estimate of drug-likeness (QED) is 0.355. The highest BCUT2D eigenvalue weighted by atomic mass is 79.9. The summed E-state index contributed by atoms with van der Waals surface area (Å²) in [5.41, 5.74) is 1.98. The van der Waals surface area contributed by atoms with E-state index >= 15 is 0 Å². The van der Waals surface area contributed by atoms with E-state index in [0.29, 0.717) is 27.2 Å². The summed E-state index contributed by atoms with van der Waals surface area (Å²) in [6.07, 6.45) is 1.49. The number of methoxy groups -OCH3 is 2. The minimum absolute atomic E-state index is 0.0380. The summed E-state index contributed by atoms with van der Waals surface area (Å²) < 4.78 is 12.1. The lowest BCUT2D eigenvalue weighted by Crippen LogP contribution is -2.54. The standard InChI is InChI=1S/C20H16Br2N2O4S/c1-10-6-12(21)4-5-15(10)24-19(26)13(18(25)23-20(24)29)7-11-8-14(22)17(28-3)16(9-11)27-2/h4-9H,1-3H3,(H,23,25,29)/b13-7-. The lowest BCUT2D eigenvalue weighted by Gasteiger charge is -2.30. The molecule has 1 saturated heterocycles. The van der Waals surface area contributed by atoms with Gasteiger partial charge in [-0.25, -0.2) is 0 Å². The van der Waals surface area contributed by atoms with E-state index < -0.39 is 11.8 Å². The van der Waals surface area contributed by atoms with Crippen LogP contribution >= 0.6 is 44.1 Å². The van der Waals surface area contributed by atoms with Gasteiger partial charge in [0.1, 0.15) is 5.57 Å². The average molecular weight is 540 g/mol. The van der Waals surface area contributed by atoms with Gasteiger partial charge in [-0.1, -0.05) is 15.9 Å². The van der Waals surface area contributed by atoms with Crippen molar-refractivity contribution in [2.24, 2.45) is 0 Å². The molecule has 0 aliphatic carbocycles. The molecule has 0 saturated carbocycles. The summed E-state index contributed by atoms with van der Waals surface area (Å²) in [5.74, 6) is -0.0807. The number of thiocarbonyl (C=S) groups is 1. The van der Waals surface area contributed by atoms with Crippen molar-refractivity contribution in [3.05, 3.63) is 56.0 Å². The van der Waals surface area contributed by atoms with E-state index in [4.69, 9.17) is 21.7 Å². The van der Waals surface area contributed by atoms with Crippen molar-refractivity contribution in [2.75, 3.05) is 19.1 Å². The smallest absolute Gasteiger partial charge is 0.270 e. The van der Waals surface area contributed by atoms with Crippen molar-refractivity contribution in [1.29, 1.82) is 0 Å². The predicted molar refractivity (Wildman–Crippen MR) is 122 cm³/mol. The van der Waals surface area contributed by atoms with Crippen molar-refractivity contribution >= 4 is 72.8 Å². The zero-order chi connectivity index (χ0) is 21.3. The van der Waals surface area contributed by atoms with Crippen molar-refractivity contribution in [1.82, 2.24) is 5.32 Å². The van der Waals surface area contributed by atoms with Crippen LogP contribution in [0.1, 0.15) is 11.1 Å². The van der Waals surface area contributed by atoms with E-state index in [9.17, 15) is 9.59 Å². The number of hydrogen-bond acceptors (Lipinski definition) is 5. The van der Waals surface area contributed by atoms with Gasteiger partial charge in [0.2, 0.25) is 0 Å². The number of ether oxygens (including phenoxy) is 2. The molecular formula is C20H16Br2N2O4S. The summed E-state index contributed by atoms with van der Waals surface area (Å²) in [6, 6.07) is 8.86. The van der Waals surface area contributed by atoms with E-state index in [0.717, 1.165) is 10.0 Å². The molecule has 3 rings (SSSR count). The third kappa shape index (κ3) is 4.22. The Morgan fingerprint density at radius 3 is 2.45 bits per heavy atom. The highest BCUT2D eigenvalue weighted by Gasteiger charge is 2.35. The number of nitrogens with one attached hydrogen (secondary N) is 1. The van der Waals surface area contributed by atoms with Crippen LogP contribution in [0.25, 0.3) is 6.08 Å². The van der Waals surface area contributed by atoms with Crippen LogP contribution in [0.2, 0.25) is 0 Å². The summed E-state index contributed by atoms with van der Waals surface area (Å²) in [6.45, 7) is 1.86. The second-order valence-corrected chi connectivity index (χ2v) is 8.28. The van der Waals surface area contributed by atoms with Crippen LogP contribution in [0.15, 0.2) is 44.9 Å². The van der Waals surface area contributed by atoms with Crippen LogP contribution in [-0.2, 0) is 9.59 Å². The fourth-order valence-electron chi connectivity index (χ4n) is 2.93. The first-order chi connectivity index (χ1) is 13.8. The zero-order valence-electron chi connectivity index (χ0n) is 15.7. The molecule has 0 unspecified atom stereocenters. The van der Waals surface area contributed by atoms with E-state index in [2.05, 4.69) is 37.2 Å². The zero-order valence-corrected chi connectivity index (χ0v) is 19.7. The lowest BCUT2D eigenvalue weighted by molar-refractivity contribution is -0.122. The molecule has 9 heteroatoms. The highest BCUT2D eigenvalue weighted by molar-refractivity contribution is 9.10. The summed E-state index contributed by atoms with van der Waals surface area (Å²) in [5, 5.41) is 2.62. The molecule has 1 aliphatic rings. The maximum absolute atomic E-state index is 13.2. The molecule has 2 aromatic carbocycles. The first-order valence-electron chi connectivity index (χ1n) is 8.36. The first-order valence-corrected chi connectivity index (χ1v) is 10.4. The highest BCUT2D eigenvalue weighted by Crippen LogP contribution is 2.37. The Kier molecular flexibility index (Phi) is 6.40. The van der Waals surface area contributed by atoms with Crippen molar-refractivity contribution < 1.29 is 19.1 Å². The molecule has 0 bridgehead atoms. The van der Waals surface area contributed by atoms with Gasteiger partial charge < -0.3 is 9.47 Å². The monoisotopic (exact) mass is 538 g/mol. The van der Waals surface area contributed by atoms with E-state index in [1.54, 1.807) is 18.2 Å². The van der Waals surface area contributed by atoms with Gasteiger partial charge in [-0.15, -0.1) is 0 Å². The van der Waals surface area contributed by atoms with Crippen molar-refractivity contribution in [3.63, 3.8) is 0 Å². The molecule has 150 valence electrons. The Hall–Kier alpha value is -2.23. The number of nitrogens with zero attached hydrogens (tertiary/aromatic N) is 1. The molecule has 2 aromatic rings. The van der Waals surface area contributed by atoms with Gasteiger partial charge in [-0.05, 0) is 82.6 Å². The number of carbonyl (C=O) groups is 2. The van der Waals surface area contributed by atoms with Gasteiger partial charge in [0.15, 0.2) is 16.6 Å². The number of rotatable bonds is 4. The van der Waals surface area contributed by atoms with Gasteiger partial charge in [0, 0.05) is 4.47 Å². The third-order valence-electron chi connectivity index (χ3n) is 4.27. The molecule has 0 aromatic heterocycles. The SMILES string of the molecule is COc1cc(/C=C2/C(=O)NC(=S)N(c3ccc(Br)cc3C)C2=O)cc(Br)c1OC. The van der Waals surface area contributed by atoms with E-state index in [-0.39, 0.29) is 10.7 Å². The summed E-state index contributed by atoms with van der Waals surface area (Å²) >= 11 is 12.1. The topological polar surface area (TPSA) is 67.9 Å². The Morgan fingerprint density at radius 1 is 1.10 bits per heavy atom. The Bertz CT molecular complexity index is 1070. The number of aryl methyl sites for hydroxylation is 1. The fourth-order valence-corrected chi connectivity index (χ4v) is 4.30.